The summed E-state index contributed by atoms with van der Waals surface area (Å²) in [4.78, 5) is 20.7. The van der Waals surface area contributed by atoms with Gasteiger partial charge in [-0.15, -0.1) is 0 Å². The van der Waals surface area contributed by atoms with Gasteiger partial charge in [-0.1, -0.05) is 6.08 Å². The molecule has 0 radical (unpaired) electrons. The molecule has 4 N–H and O–H groups in total. The van der Waals surface area contributed by atoms with E-state index in [2.05, 4.69) is 36.1 Å². The first kappa shape index (κ1) is 23.6. The second-order valence-corrected chi connectivity index (χ2v) is 7.26. The predicted molar refractivity (Wildman–Crippen MR) is 125 cm³/mol. The van der Waals surface area contributed by atoms with Gasteiger partial charge in [-0.25, -0.2) is 10.5 Å². The molecule has 2 aromatic heterocycles. The average molecular weight is 452 g/mol. The average Bonchev–Trinajstić information content (AvgIpc) is 3.25. The van der Waals surface area contributed by atoms with Gasteiger partial charge in [-0.2, -0.15) is 15.2 Å². The van der Waals surface area contributed by atoms with Gasteiger partial charge in [0, 0.05) is 31.4 Å². The molecule has 0 atom stereocenters. The highest BCUT2D eigenvalue weighted by Crippen LogP contribution is 2.26. The van der Waals surface area contributed by atoms with Crippen LogP contribution in [0.3, 0.4) is 0 Å². The van der Waals surface area contributed by atoms with Gasteiger partial charge in [0.1, 0.15) is 5.69 Å². The van der Waals surface area contributed by atoms with Crippen molar-refractivity contribution in [2.24, 2.45) is 5.11 Å². The number of rotatable bonds is 2. The minimum atomic E-state index is 0.0479. The number of allylic oxidation sites excluding steroid dienone is 4. The normalized spacial score (nSPS) is 18.8. The molecular formula is C22H29N9O2. The number of aromatic nitrogens is 4. The van der Waals surface area contributed by atoms with Crippen LogP contribution in [0.25, 0.3) is 0 Å². The first-order valence-corrected chi connectivity index (χ1v) is 10.9. The lowest BCUT2D eigenvalue weighted by atomic mass is 10.2. The number of fused-ring (bicyclic) bond motifs is 4. The summed E-state index contributed by atoms with van der Waals surface area (Å²) in [6, 6.07) is 0. The zero-order valence-corrected chi connectivity index (χ0v) is 18.6. The third kappa shape index (κ3) is 7.87. The van der Waals surface area contributed by atoms with Crippen molar-refractivity contribution in [1.82, 2.24) is 25.1 Å². The molecule has 1 aliphatic rings. The van der Waals surface area contributed by atoms with E-state index >= 15 is 0 Å². The number of nitrogens with zero attached hydrogens (tertiary/aromatic N) is 5. The van der Waals surface area contributed by atoms with Crippen molar-refractivity contribution >= 4 is 29.0 Å². The minimum absolute atomic E-state index is 0.0479. The summed E-state index contributed by atoms with van der Waals surface area (Å²) < 4.78 is 7.29. The number of carbonyl (C=O) groups is 1. The number of hydrogen-bond acceptors (Lipinski definition) is 9. The third-order valence-corrected chi connectivity index (χ3v) is 4.64. The van der Waals surface area contributed by atoms with Gasteiger partial charge in [0.05, 0.1) is 31.0 Å². The number of hydrogen-bond donors (Lipinski definition) is 4. The van der Waals surface area contributed by atoms with Gasteiger partial charge >= 0.3 is 0 Å². The van der Waals surface area contributed by atoms with Crippen molar-refractivity contribution in [2.75, 3.05) is 23.8 Å². The van der Waals surface area contributed by atoms with Gasteiger partial charge in [-0.05, 0) is 44.4 Å². The van der Waals surface area contributed by atoms with Gasteiger partial charge in [0.2, 0.25) is 11.9 Å². The van der Waals surface area contributed by atoms with E-state index in [9.17, 15) is 4.79 Å². The first-order valence-electron chi connectivity index (χ1n) is 10.9. The number of carbonyl (C=O) groups excluding carboxylic acids is 1. The van der Waals surface area contributed by atoms with Crippen LogP contribution in [0.5, 0.6) is 0 Å². The summed E-state index contributed by atoms with van der Waals surface area (Å²) in [6.45, 7) is 3.70. The molecule has 0 aromatic carbocycles. The van der Waals surface area contributed by atoms with E-state index in [-0.39, 0.29) is 5.91 Å². The van der Waals surface area contributed by atoms with Crippen LogP contribution in [-0.2, 0) is 16.1 Å². The maximum Gasteiger partial charge on any atom is 0.229 e. The summed E-state index contributed by atoms with van der Waals surface area (Å²) >= 11 is 0. The van der Waals surface area contributed by atoms with E-state index in [1.807, 2.05) is 31.3 Å². The Bertz CT molecular complexity index is 1030. The number of anilines is 3. The fourth-order valence-corrected chi connectivity index (χ4v) is 3.04. The molecule has 1 aliphatic heterocycles. The topological polar surface area (TPSA) is 142 Å². The summed E-state index contributed by atoms with van der Waals surface area (Å²) in [7, 11) is 0. The molecule has 0 fully saturated rings. The SMILES string of the molecule is C\C=C/C1=C\C=C\OCCCCC(=O)NCCCn2cc(cn2)Nc2nc(ncc2N=N)N1. The number of aryl methyl sites for hydroxylation is 1. The molecule has 2 aromatic rings. The molecule has 11 heteroatoms. The molecule has 0 saturated carbocycles. The number of nitrogens with one attached hydrogen (secondary N) is 4. The summed E-state index contributed by atoms with van der Waals surface area (Å²) in [5, 5.41) is 17.1. The lowest BCUT2D eigenvalue weighted by Gasteiger charge is -2.10. The van der Waals surface area contributed by atoms with Crippen molar-refractivity contribution in [3.63, 3.8) is 0 Å². The molecule has 0 aliphatic carbocycles. The van der Waals surface area contributed by atoms with Gasteiger partial charge < -0.3 is 20.7 Å². The minimum Gasteiger partial charge on any atom is -0.501 e. The van der Waals surface area contributed by atoms with Crippen LogP contribution >= 0.6 is 0 Å². The Morgan fingerprint density at radius 3 is 3.00 bits per heavy atom. The highest BCUT2D eigenvalue weighted by atomic mass is 16.5. The molecule has 3 rings (SSSR count). The third-order valence-electron chi connectivity index (χ3n) is 4.64. The molecule has 3 heterocycles. The van der Waals surface area contributed by atoms with Crippen molar-refractivity contribution < 1.29 is 9.53 Å². The van der Waals surface area contributed by atoms with Crippen LogP contribution in [-0.4, -0.2) is 38.8 Å². The van der Waals surface area contributed by atoms with Crippen LogP contribution in [0, 0.1) is 5.53 Å². The molecular weight excluding hydrogens is 422 g/mol. The zero-order valence-electron chi connectivity index (χ0n) is 18.6. The first-order chi connectivity index (χ1) is 16.2. The van der Waals surface area contributed by atoms with Crippen LogP contribution in [0.4, 0.5) is 23.1 Å². The van der Waals surface area contributed by atoms with E-state index in [1.165, 1.54) is 6.20 Å². The van der Waals surface area contributed by atoms with Gasteiger partial charge in [0.25, 0.3) is 0 Å². The highest BCUT2D eigenvalue weighted by Gasteiger charge is 2.10. The molecule has 0 spiro atoms. The Balaban J connectivity index is 1.81. The molecule has 0 saturated heterocycles. The summed E-state index contributed by atoms with van der Waals surface area (Å²) in [5.74, 6) is 0.788. The fraction of sp³-hybridized carbons (Fsp3) is 0.364. The second-order valence-electron chi connectivity index (χ2n) is 7.26. The smallest absolute Gasteiger partial charge is 0.229 e. The van der Waals surface area contributed by atoms with Crippen LogP contribution in [0.15, 0.2) is 60.0 Å². The van der Waals surface area contributed by atoms with Crippen molar-refractivity contribution in [3.05, 3.63) is 54.9 Å². The maximum atomic E-state index is 11.9. The van der Waals surface area contributed by atoms with Gasteiger partial charge in [0.15, 0.2) is 5.82 Å². The maximum absolute atomic E-state index is 11.9. The Kier molecular flexibility index (Phi) is 9.13. The van der Waals surface area contributed by atoms with Crippen LogP contribution < -0.4 is 16.0 Å². The van der Waals surface area contributed by atoms with E-state index < -0.39 is 0 Å². The largest absolute Gasteiger partial charge is 0.501 e. The van der Waals surface area contributed by atoms with Crippen LogP contribution in [0.2, 0.25) is 0 Å². The summed E-state index contributed by atoms with van der Waals surface area (Å²) in [5.41, 5.74) is 9.18. The van der Waals surface area contributed by atoms with E-state index in [1.54, 1.807) is 23.2 Å². The second kappa shape index (κ2) is 12.7. The molecule has 33 heavy (non-hydrogen) atoms. The molecule has 174 valence electrons. The van der Waals surface area contributed by atoms with Gasteiger partial charge in [-0.3, -0.25) is 9.48 Å². The van der Waals surface area contributed by atoms with E-state index in [0.29, 0.717) is 49.3 Å². The lowest BCUT2D eigenvalue weighted by Crippen LogP contribution is -2.25. The molecule has 1 amide bonds. The fourth-order valence-electron chi connectivity index (χ4n) is 3.04. The highest BCUT2D eigenvalue weighted by molar-refractivity contribution is 5.75. The number of ether oxygens (including phenoxy) is 1. The van der Waals surface area contributed by atoms with Crippen molar-refractivity contribution in [3.8, 4) is 0 Å². The monoisotopic (exact) mass is 451 g/mol. The van der Waals surface area contributed by atoms with Crippen LogP contribution in [0.1, 0.15) is 32.6 Å². The molecule has 11 nitrogen and oxygen atoms in total. The van der Waals surface area contributed by atoms with Crippen molar-refractivity contribution in [2.45, 2.75) is 39.2 Å². The van der Waals surface area contributed by atoms with Crippen molar-refractivity contribution in [1.29, 1.82) is 5.53 Å². The molecule has 0 unspecified atom stereocenters. The quantitative estimate of drug-likeness (QED) is 0.502. The standard InChI is InChI=1S/C22H29N9O2/c1-2-7-17-8-5-13-33-12-4-3-9-20(32)24-10-6-11-31-16-18(14-26-31)27-21-19(30-23)15-25-22(28-17)29-21/h2,5,7-8,13-16,23H,3-4,6,9-12H2,1H3,(H,24,32)(H2,25,27,28,29)/b7-2-,13-5+,17-8+,30-23?. The summed E-state index contributed by atoms with van der Waals surface area (Å²) in [6.07, 6.45) is 16.8. The Hall–Kier alpha value is -4.02. The Labute approximate surface area is 192 Å². The zero-order chi connectivity index (χ0) is 23.3. The Morgan fingerprint density at radius 2 is 2.15 bits per heavy atom. The van der Waals surface area contributed by atoms with E-state index in [0.717, 1.165) is 25.0 Å². The predicted octanol–water partition coefficient (Wildman–Crippen LogP) is 4.17. The van der Waals surface area contributed by atoms with E-state index in [4.69, 9.17) is 10.3 Å². The number of amides is 1. The lowest BCUT2D eigenvalue weighted by molar-refractivity contribution is -0.121. The Morgan fingerprint density at radius 1 is 1.24 bits per heavy atom. The molecule has 4 bridgehead atoms.